The Morgan fingerprint density at radius 3 is 2.44 bits per heavy atom. The Labute approximate surface area is 198 Å². The molecule has 8 nitrogen and oxygen atoms in total. The lowest BCUT2D eigenvalue weighted by atomic mass is 9.95. The number of Topliss-reactive ketones (excluding diaryl/α,β-unsaturated/α-hetero) is 1. The molecule has 2 fully saturated rings. The van der Waals surface area contributed by atoms with Gasteiger partial charge in [0.1, 0.15) is 5.75 Å². The summed E-state index contributed by atoms with van der Waals surface area (Å²) in [6.07, 6.45) is 5.67. The van der Waals surface area contributed by atoms with Crippen molar-refractivity contribution in [2.24, 2.45) is 0 Å². The van der Waals surface area contributed by atoms with E-state index in [-0.39, 0.29) is 35.6 Å². The molecule has 0 radical (unpaired) electrons. The van der Waals surface area contributed by atoms with Gasteiger partial charge < -0.3 is 14.8 Å². The van der Waals surface area contributed by atoms with Gasteiger partial charge in [-0.3, -0.25) is 14.4 Å². The summed E-state index contributed by atoms with van der Waals surface area (Å²) in [5.41, 5.74) is 1.01. The second-order valence-corrected chi connectivity index (χ2v) is 8.60. The van der Waals surface area contributed by atoms with E-state index in [0.29, 0.717) is 17.0 Å². The maximum atomic E-state index is 12.9. The number of carbonyl (C=O) groups is 4. The van der Waals surface area contributed by atoms with E-state index in [1.165, 1.54) is 30.6 Å². The first kappa shape index (κ1) is 23.6. The molecular weight excluding hydrogens is 436 g/mol. The molecule has 1 saturated heterocycles. The number of esters is 1. The number of imide groups is 1. The highest BCUT2D eigenvalue weighted by Gasteiger charge is 2.40. The summed E-state index contributed by atoms with van der Waals surface area (Å²) in [5, 5.41) is 3.35. The van der Waals surface area contributed by atoms with Gasteiger partial charge in [0, 0.05) is 11.6 Å². The molecule has 2 aromatic carbocycles. The molecule has 34 heavy (non-hydrogen) atoms. The smallest absolute Gasteiger partial charge is 0.338 e. The van der Waals surface area contributed by atoms with Crippen molar-refractivity contribution in [3.05, 3.63) is 59.7 Å². The number of anilines is 1. The molecule has 1 saturated carbocycles. The third-order valence-electron chi connectivity index (χ3n) is 6.28. The fourth-order valence-corrected chi connectivity index (χ4v) is 4.43. The molecule has 1 heterocycles. The molecule has 0 aromatic heterocycles. The first-order valence-corrected chi connectivity index (χ1v) is 11.5. The highest BCUT2D eigenvalue weighted by molar-refractivity contribution is 6.22. The number of amides is 2. The average Bonchev–Trinajstić information content (AvgIpc) is 3.15. The molecular formula is C26H28N2O6. The van der Waals surface area contributed by atoms with Crippen LogP contribution in [0.15, 0.2) is 48.5 Å². The van der Waals surface area contributed by atoms with Crippen molar-refractivity contribution in [2.75, 3.05) is 18.6 Å². The van der Waals surface area contributed by atoms with Crippen LogP contribution in [0.4, 0.5) is 5.69 Å². The van der Waals surface area contributed by atoms with Crippen LogP contribution in [-0.4, -0.2) is 49.4 Å². The third kappa shape index (κ3) is 5.34. The Bertz CT molecular complexity index is 1070. The van der Waals surface area contributed by atoms with E-state index in [9.17, 15) is 19.2 Å². The first-order valence-electron chi connectivity index (χ1n) is 11.5. The van der Waals surface area contributed by atoms with Crippen LogP contribution in [-0.2, 0) is 14.3 Å². The summed E-state index contributed by atoms with van der Waals surface area (Å²) in [4.78, 5) is 51.3. The predicted octanol–water partition coefficient (Wildman–Crippen LogP) is 3.29. The number of methoxy groups -OCH3 is 1. The zero-order valence-electron chi connectivity index (χ0n) is 19.1. The SMILES string of the molecule is COc1cccc(C(=O)COC(=O)c2ccc(N3C(=O)CC(NC4CCCCC4)C3=O)cc2)c1. The molecule has 1 N–H and O–H groups in total. The molecule has 0 bridgehead atoms. The quantitative estimate of drug-likeness (QED) is 0.363. The molecule has 2 aromatic rings. The van der Waals surface area contributed by atoms with Crippen LogP contribution in [0.25, 0.3) is 0 Å². The molecule has 1 atom stereocenters. The molecule has 8 heteroatoms. The van der Waals surface area contributed by atoms with Crippen LogP contribution in [0.3, 0.4) is 0 Å². The van der Waals surface area contributed by atoms with Crippen LogP contribution in [0.1, 0.15) is 59.2 Å². The zero-order valence-corrected chi connectivity index (χ0v) is 19.1. The first-order chi connectivity index (χ1) is 16.5. The third-order valence-corrected chi connectivity index (χ3v) is 6.28. The van der Waals surface area contributed by atoms with Crippen LogP contribution in [0.2, 0.25) is 0 Å². The average molecular weight is 465 g/mol. The van der Waals surface area contributed by atoms with Crippen molar-refractivity contribution in [3.8, 4) is 5.75 Å². The normalized spacial score (nSPS) is 18.7. The summed E-state index contributed by atoms with van der Waals surface area (Å²) >= 11 is 0. The minimum atomic E-state index is -0.668. The Morgan fingerprint density at radius 2 is 1.74 bits per heavy atom. The number of nitrogens with zero attached hydrogens (tertiary/aromatic N) is 1. The second kappa shape index (κ2) is 10.6. The number of nitrogens with one attached hydrogen (secondary N) is 1. The van der Waals surface area contributed by atoms with E-state index in [2.05, 4.69) is 5.32 Å². The van der Waals surface area contributed by atoms with Crippen molar-refractivity contribution in [1.29, 1.82) is 0 Å². The van der Waals surface area contributed by atoms with E-state index < -0.39 is 18.6 Å². The predicted molar refractivity (Wildman–Crippen MR) is 125 cm³/mol. The molecule has 1 aliphatic heterocycles. The van der Waals surface area contributed by atoms with Gasteiger partial charge in [-0.15, -0.1) is 0 Å². The van der Waals surface area contributed by atoms with Crippen molar-refractivity contribution in [2.45, 2.75) is 50.6 Å². The summed E-state index contributed by atoms with van der Waals surface area (Å²) in [6.45, 7) is -0.411. The number of rotatable bonds is 8. The summed E-state index contributed by atoms with van der Waals surface area (Å²) in [5.74, 6) is -1.02. The number of carbonyl (C=O) groups excluding carboxylic acids is 4. The number of benzene rings is 2. The fourth-order valence-electron chi connectivity index (χ4n) is 4.43. The Morgan fingerprint density at radius 1 is 1.00 bits per heavy atom. The van der Waals surface area contributed by atoms with Crippen LogP contribution in [0.5, 0.6) is 5.75 Å². The summed E-state index contributed by atoms with van der Waals surface area (Å²) in [6, 6.07) is 12.4. The fraction of sp³-hybridized carbons (Fsp3) is 0.385. The van der Waals surface area contributed by atoms with Gasteiger partial charge >= 0.3 is 5.97 Å². The van der Waals surface area contributed by atoms with E-state index in [1.807, 2.05) is 0 Å². The molecule has 0 spiro atoms. The molecule has 2 amide bonds. The van der Waals surface area contributed by atoms with Crippen LogP contribution < -0.4 is 15.0 Å². The maximum absolute atomic E-state index is 12.9. The van der Waals surface area contributed by atoms with Gasteiger partial charge in [-0.05, 0) is 49.2 Å². The van der Waals surface area contributed by atoms with Crippen molar-refractivity contribution in [1.82, 2.24) is 5.32 Å². The van der Waals surface area contributed by atoms with Gasteiger partial charge in [0.2, 0.25) is 5.91 Å². The summed E-state index contributed by atoms with van der Waals surface area (Å²) in [7, 11) is 1.50. The number of ether oxygens (including phenoxy) is 2. The monoisotopic (exact) mass is 464 g/mol. The Hall–Kier alpha value is -3.52. The van der Waals surface area contributed by atoms with E-state index in [0.717, 1.165) is 25.7 Å². The number of hydrogen-bond acceptors (Lipinski definition) is 7. The second-order valence-electron chi connectivity index (χ2n) is 8.60. The molecule has 178 valence electrons. The topological polar surface area (TPSA) is 102 Å². The minimum Gasteiger partial charge on any atom is -0.497 e. The van der Waals surface area contributed by atoms with Crippen molar-refractivity contribution < 1.29 is 28.7 Å². The highest BCUT2D eigenvalue weighted by Crippen LogP contribution is 2.26. The molecule has 4 rings (SSSR count). The highest BCUT2D eigenvalue weighted by atomic mass is 16.5. The Balaban J connectivity index is 1.34. The molecule has 2 aliphatic rings. The lowest BCUT2D eigenvalue weighted by molar-refractivity contribution is -0.121. The summed E-state index contributed by atoms with van der Waals surface area (Å²) < 4.78 is 10.2. The van der Waals surface area contributed by atoms with Gasteiger partial charge in [-0.2, -0.15) is 0 Å². The number of ketones is 1. The minimum absolute atomic E-state index is 0.130. The lowest BCUT2D eigenvalue weighted by Gasteiger charge is -2.25. The Kier molecular flexibility index (Phi) is 7.37. The van der Waals surface area contributed by atoms with Gasteiger partial charge in [0.25, 0.3) is 5.91 Å². The molecule has 1 unspecified atom stereocenters. The standard InChI is InChI=1S/C26H28N2O6/c1-33-21-9-5-6-18(14-21)23(29)16-34-26(32)17-10-12-20(13-11-17)28-24(30)15-22(25(28)31)27-19-7-3-2-4-8-19/h5-6,9-14,19,22,27H,2-4,7-8,15-16H2,1H3. The largest absolute Gasteiger partial charge is 0.497 e. The van der Waals surface area contributed by atoms with E-state index >= 15 is 0 Å². The van der Waals surface area contributed by atoms with Crippen LogP contribution in [0, 0.1) is 0 Å². The lowest BCUT2D eigenvalue weighted by Crippen LogP contribution is -2.44. The van der Waals surface area contributed by atoms with Crippen LogP contribution >= 0.6 is 0 Å². The van der Waals surface area contributed by atoms with Crippen molar-refractivity contribution in [3.63, 3.8) is 0 Å². The van der Waals surface area contributed by atoms with Gasteiger partial charge in [0.15, 0.2) is 12.4 Å². The van der Waals surface area contributed by atoms with E-state index in [4.69, 9.17) is 9.47 Å². The number of hydrogen-bond donors (Lipinski definition) is 1. The van der Waals surface area contributed by atoms with E-state index in [1.54, 1.807) is 36.4 Å². The van der Waals surface area contributed by atoms with Gasteiger partial charge in [-0.1, -0.05) is 31.4 Å². The van der Waals surface area contributed by atoms with Gasteiger partial charge in [-0.25, -0.2) is 9.69 Å². The van der Waals surface area contributed by atoms with Crippen molar-refractivity contribution >= 4 is 29.3 Å². The molecule has 1 aliphatic carbocycles. The maximum Gasteiger partial charge on any atom is 0.338 e. The van der Waals surface area contributed by atoms with Gasteiger partial charge in [0.05, 0.1) is 30.8 Å². The zero-order chi connectivity index (χ0) is 24.1.